The molecule has 148 valence electrons. The van der Waals surface area contributed by atoms with E-state index in [1.54, 1.807) is 0 Å². The number of allylic oxidation sites excluding steroid dienone is 6. The van der Waals surface area contributed by atoms with Crippen LogP contribution in [0.4, 0.5) is 0 Å². The highest BCUT2D eigenvalue weighted by Crippen LogP contribution is 2.38. The molecule has 27 heavy (non-hydrogen) atoms. The minimum absolute atomic E-state index is 0.149. The van der Waals surface area contributed by atoms with Crippen molar-refractivity contribution in [3.05, 3.63) is 52.1 Å². The fourth-order valence-corrected chi connectivity index (χ4v) is 2.85. The molecule has 4 heteroatoms. The Labute approximate surface area is 162 Å². The average Bonchev–Trinajstić information content (AvgIpc) is 2.53. The van der Waals surface area contributed by atoms with Crippen LogP contribution in [0.25, 0.3) is 0 Å². The minimum Gasteiger partial charge on any atom is -0.507 e. The van der Waals surface area contributed by atoms with Gasteiger partial charge in [0.05, 0.1) is 0 Å². The van der Waals surface area contributed by atoms with Gasteiger partial charge in [0, 0.05) is 11.6 Å². The summed E-state index contributed by atoms with van der Waals surface area (Å²) in [5.74, 6) is -1.41. The summed E-state index contributed by atoms with van der Waals surface area (Å²) in [5, 5.41) is 29.9. The third kappa shape index (κ3) is 7.33. The Bertz CT molecular complexity index is 763. The van der Waals surface area contributed by atoms with Gasteiger partial charge in [0.15, 0.2) is 5.78 Å². The molecule has 1 aromatic carbocycles. The Balaban J connectivity index is 2.71. The van der Waals surface area contributed by atoms with E-state index in [9.17, 15) is 20.1 Å². The second-order valence-electron chi connectivity index (χ2n) is 7.34. The van der Waals surface area contributed by atoms with E-state index in [0.717, 1.165) is 37.3 Å². The Morgan fingerprint density at radius 1 is 0.852 bits per heavy atom. The molecular weight excluding hydrogens is 340 g/mol. The lowest BCUT2D eigenvalue weighted by atomic mass is 9.99. The van der Waals surface area contributed by atoms with Gasteiger partial charge in [-0.25, -0.2) is 0 Å². The van der Waals surface area contributed by atoms with Crippen molar-refractivity contribution in [3.63, 3.8) is 0 Å². The zero-order valence-corrected chi connectivity index (χ0v) is 17.1. The molecule has 0 saturated heterocycles. The van der Waals surface area contributed by atoms with Gasteiger partial charge in [-0.3, -0.25) is 4.79 Å². The van der Waals surface area contributed by atoms with Gasteiger partial charge in [0.25, 0.3) is 0 Å². The summed E-state index contributed by atoms with van der Waals surface area (Å²) in [5.41, 5.74) is 3.96. The molecule has 0 bridgehead atoms. The smallest absolute Gasteiger partial charge is 0.167 e. The number of Topliss-reactive ketones (excluding diaryl/α,β-unsaturated/α-hetero) is 1. The van der Waals surface area contributed by atoms with Crippen LogP contribution in [0, 0.1) is 0 Å². The third-order valence-corrected chi connectivity index (χ3v) is 4.49. The number of hydrogen-bond donors (Lipinski definition) is 3. The fourth-order valence-electron chi connectivity index (χ4n) is 2.85. The molecule has 3 N–H and O–H groups in total. The summed E-state index contributed by atoms with van der Waals surface area (Å²) < 4.78 is 0. The molecule has 0 aliphatic carbocycles. The monoisotopic (exact) mass is 372 g/mol. The van der Waals surface area contributed by atoms with E-state index in [1.807, 2.05) is 13.0 Å². The van der Waals surface area contributed by atoms with Crippen LogP contribution in [-0.2, 0) is 6.42 Å². The van der Waals surface area contributed by atoms with E-state index in [2.05, 4.69) is 32.9 Å². The SMILES string of the molecule is CC(=O)c1c(O)cc(O)c(C/C=C(\C)CC/C=C(\C)CCC=C(C)C)c1O. The normalized spacial score (nSPS) is 12.2. The minimum atomic E-state index is -0.444. The van der Waals surface area contributed by atoms with Crippen LogP contribution in [0.15, 0.2) is 41.0 Å². The van der Waals surface area contributed by atoms with Gasteiger partial charge in [-0.15, -0.1) is 0 Å². The van der Waals surface area contributed by atoms with Crippen molar-refractivity contribution in [2.45, 2.75) is 66.7 Å². The van der Waals surface area contributed by atoms with Crippen LogP contribution in [0.3, 0.4) is 0 Å². The largest absolute Gasteiger partial charge is 0.507 e. The van der Waals surface area contributed by atoms with Crippen LogP contribution in [0.1, 0.15) is 76.2 Å². The van der Waals surface area contributed by atoms with Gasteiger partial charge in [-0.05, 0) is 66.7 Å². The van der Waals surface area contributed by atoms with Crippen molar-refractivity contribution in [2.24, 2.45) is 0 Å². The van der Waals surface area contributed by atoms with Gasteiger partial charge in [-0.1, -0.05) is 34.9 Å². The first-order valence-corrected chi connectivity index (χ1v) is 9.35. The van der Waals surface area contributed by atoms with Crippen LogP contribution in [-0.4, -0.2) is 21.1 Å². The Morgan fingerprint density at radius 2 is 1.41 bits per heavy atom. The first-order chi connectivity index (χ1) is 12.6. The molecule has 0 saturated carbocycles. The van der Waals surface area contributed by atoms with E-state index in [0.29, 0.717) is 6.42 Å². The van der Waals surface area contributed by atoms with E-state index >= 15 is 0 Å². The molecule has 0 aromatic heterocycles. The summed E-state index contributed by atoms with van der Waals surface area (Å²) in [7, 11) is 0. The first-order valence-electron chi connectivity index (χ1n) is 9.35. The van der Waals surface area contributed by atoms with E-state index in [4.69, 9.17) is 0 Å². The molecule has 0 unspecified atom stereocenters. The van der Waals surface area contributed by atoms with Crippen molar-refractivity contribution >= 4 is 5.78 Å². The van der Waals surface area contributed by atoms with E-state index < -0.39 is 11.5 Å². The standard InChI is InChI=1S/C23H32O4/c1-15(2)8-6-9-16(3)10-7-11-17(4)12-13-19-20(25)14-21(26)22(18(5)24)23(19)27/h8,10,12,14,25-27H,6-7,9,11,13H2,1-5H3/b16-10+,17-12+. The molecule has 1 rings (SSSR count). The van der Waals surface area contributed by atoms with Gasteiger partial charge in [0.2, 0.25) is 0 Å². The highest BCUT2D eigenvalue weighted by Gasteiger charge is 2.19. The van der Waals surface area contributed by atoms with Crippen molar-refractivity contribution in [1.29, 1.82) is 0 Å². The number of aromatic hydroxyl groups is 3. The maximum absolute atomic E-state index is 11.6. The molecule has 0 heterocycles. The number of ketones is 1. The van der Waals surface area contributed by atoms with Gasteiger partial charge in [0.1, 0.15) is 22.8 Å². The summed E-state index contributed by atoms with van der Waals surface area (Å²) in [6, 6.07) is 1.10. The summed E-state index contributed by atoms with van der Waals surface area (Å²) in [4.78, 5) is 11.6. The van der Waals surface area contributed by atoms with Gasteiger partial charge < -0.3 is 15.3 Å². The zero-order valence-electron chi connectivity index (χ0n) is 17.1. The van der Waals surface area contributed by atoms with Crippen LogP contribution < -0.4 is 0 Å². The Kier molecular flexibility index (Phi) is 8.86. The topological polar surface area (TPSA) is 77.8 Å². The van der Waals surface area contributed by atoms with E-state index in [1.165, 1.54) is 18.1 Å². The molecule has 0 atom stereocenters. The van der Waals surface area contributed by atoms with Crippen LogP contribution in [0.2, 0.25) is 0 Å². The highest BCUT2D eigenvalue weighted by atomic mass is 16.3. The quantitative estimate of drug-likeness (QED) is 0.369. The van der Waals surface area contributed by atoms with Crippen LogP contribution >= 0.6 is 0 Å². The second-order valence-corrected chi connectivity index (χ2v) is 7.34. The molecule has 0 radical (unpaired) electrons. The lowest BCUT2D eigenvalue weighted by molar-refractivity contribution is 0.101. The van der Waals surface area contributed by atoms with Crippen molar-refractivity contribution in [3.8, 4) is 17.2 Å². The number of phenols is 3. The molecule has 0 spiro atoms. The zero-order chi connectivity index (χ0) is 20.6. The molecule has 4 nitrogen and oxygen atoms in total. The molecular formula is C23H32O4. The highest BCUT2D eigenvalue weighted by molar-refractivity contribution is 6.00. The molecule has 0 aliphatic rings. The lowest BCUT2D eigenvalue weighted by Crippen LogP contribution is -1.97. The predicted molar refractivity (Wildman–Crippen MR) is 111 cm³/mol. The van der Waals surface area contributed by atoms with E-state index in [-0.39, 0.29) is 22.6 Å². The summed E-state index contributed by atoms with van der Waals surface area (Å²) in [6.07, 6.45) is 10.7. The number of carbonyl (C=O) groups excluding carboxylic acids is 1. The number of benzene rings is 1. The first kappa shape index (κ1) is 22.6. The number of rotatable bonds is 9. The Morgan fingerprint density at radius 3 is 1.96 bits per heavy atom. The Hall–Kier alpha value is -2.49. The predicted octanol–water partition coefficient (Wildman–Crippen LogP) is 5.97. The van der Waals surface area contributed by atoms with Gasteiger partial charge >= 0.3 is 0 Å². The fraction of sp³-hybridized carbons (Fsp3) is 0.435. The molecule has 1 aromatic rings. The second kappa shape index (κ2) is 10.6. The van der Waals surface area contributed by atoms with Crippen molar-refractivity contribution in [2.75, 3.05) is 0 Å². The molecule has 0 amide bonds. The third-order valence-electron chi connectivity index (χ3n) is 4.49. The van der Waals surface area contributed by atoms with Crippen molar-refractivity contribution < 1.29 is 20.1 Å². The van der Waals surface area contributed by atoms with Crippen molar-refractivity contribution in [1.82, 2.24) is 0 Å². The number of carbonyl (C=O) groups is 1. The number of phenolic OH excluding ortho intramolecular Hbond substituents is 3. The lowest BCUT2D eigenvalue weighted by Gasteiger charge is -2.11. The average molecular weight is 373 g/mol. The maximum atomic E-state index is 11.6. The number of hydrogen-bond acceptors (Lipinski definition) is 4. The summed E-state index contributed by atoms with van der Waals surface area (Å²) >= 11 is 0. The van der Waals surface area contributed by atoms with Gasteiger partial charge in [-0.2, -0.15) is 0 Å². The molecule has 0 fully saturated rings. The van der Waals surface area contributed by atoms with Crippen LogP contribution in [0.5, 0.6) is 17.2 Å². The molecule has 0 aliphatic heterocycles. The maximum Gasteiger partial charge on any atom is 0.167 e. The summed E-state index contributed by atoms with van der Waals surface area (Å²) in [6.45, 7) is 9.63.